The Morgan fingerprint density at radius 3 is 2.86 bits per heavy atom. The molecule has 144 valence electrons. The number of nitrogens with one attached hydrogen (secondary N) is 1. The van der Waals surface area contributed by atoms with Gasteiger partial charge in [-0.25, -0.2) is 17.7 Å². The number of nitrogens with zero attached hydrogens (tertiary/aromatic N) is 3. The fraction of sp³-hybridized carbons (Fsp3) is 0.263. The molecule has 28 heavy (non-hydrogen) atoms. The molecule has 7 nitrogen and oxygen atoms in total. The molecule has 0 unspecified atom stereocenters. The van der Waals surface area contributed by atoms with Crippen LogP contribution in [0.4, 0.5) is 11.6 Å². The lowest BCUT2D eigenvalue weighted by Gasteiger charge is -2.18. The van der Waals surface area contributed by atoms with Crippen molar-refractivity contribution in [3.63, 3.8) is 0 Å². The van der Waals surface area contributed by atoms with Crippen LogP contribution in [0, 0.1) is 0 Å². The maximum absolute atomic E-state index is 13.3. The number of para-hydroxylation sites is 2. The highest BCUT2D eigenvalue weighted by molar-refractivity contribution is 8.00. The van der Waals surface area contributed by atoms with E-state index in [4.69, 9.17) is 0 Å². The van der Waals surface area contributed by atoms with Crippen molar-refractivity contribution in [3.05, 3.63) is 42.5 Å². The van der Waals surface area contributed by atoms with Crippen molar-refractivity contribution in [2.45, 2.75) is 34.9 Å². The van der Waals surface area contributed by atoms with E-state index in [1.165, 1.54) is 4.31 Å². The van der Waals surface area contributed by atoms with Gasteiger partial charge in [0.15, 0.2) is 0 Å². The minimum atomic E-state index is -3.79. The number of imidazole rings is 1. The SMILES string of the molecule is C[C@@H]1CC(=O)Nc2cc(S(=O)(=O)N3CCn4c3nc3ccccc34)ccc2S1. The molecule has 9 heteroatoms. The minimum Gasteiger partial charge on any atom is -0.325 e. The number of carbonyl (C=O) groups excluding carboxylic acids is 1. The second-order valence-corrected chi connectivity index (χ2v) is 10.3. The largest absolute Gasteiger partial charge is 0.325 e. The molecule has 1 amide bonds. The molecule has 0 spiro atoms. The van der Waals surface area contributed by atoms with E-state index >= 15 is 0 Å². The van der Waals surface area contributed by atoms with E-state index in [9.17, 15) is 13.2 Å². The third-order valence-corrected chi connectivity index (χ3v) is 7.95. The first-order valence-corrected chi connectivity index (χ1v) is 11.3. The number of anilines is 2. The predicted molar refractivity (Wildman–Crippen MR) is 109 cm³/mol. The van der Waals surface area contributed by atoms with Gasteiger partial charge in [0.2, 0.25) is 11.9 Å². The van der Waals surface area contributed by atoms with Crippen LogP contribution in [-0.4, -0.2) is 35.7 Å². The van der Waals surface area contributed by atoms with Gasteiger partial charge in [-0.2, -0.15) is 0 Å². The van der Waals surface area contributed by atoms with Crippen LogP contribution in [0.2, 0.25) is 0 Å². The standard InChI is InChI=1S/C19H18N4O3S2/c1-12-10-18(24)20-15-11-13(6-7-17(15)27-12)28(25,26)23-9-8-22-16-5-3-2-4-14(16)21-19(22)23/h2-7,11-12H,8-10H2,1H3,(H,20,24)/t12-/m1/s1. The van der Waals surface area contributed by atoms with Crippen molar-refractivity contribution < 1.29 is 13.2 Å². The summed E-state index contributed by atoms with van der Waals surface area (Å²) in [5.41, 5.74) is 2.25. The fourth-order valence-electron chi connectivity index (χ4n) is 3.71. The van der Waals surface area contributed by atoms with Gasteiger partial charge in [-0.3, -0.25) is 4.79 Å². The van der Waals surface area contributed by atoms with Gasteiger partial charge in [-0.15, -0.1) is 11.8 Å². The molecule has 0 aliphatic carbocycles. The summed E-state index contributed by atoms with van der Waals surface area (Å²) in [7, 11) is -3.79. The summed E-state index contributed by atoms with van der Waals surface area (Å²) in [6.45, 7) is 2.88. The maximum atomic E-state index is 13.3. The first kappa shape index (κ1) is 17.6. The number of amides is 1. The van der Waals surface area contributed by atoms with Gasteiger partial charge in [0.1, 0.15) is 0 Å². The van der Waals surface area contributed by atoms with Crippen molar-refractivity contribution in [1.82, 2.24) is 9.55 Å². The predicted octanol–water partition coefficient (Wildman–Crippen LogP) is 3.07. The van der Waals surface area contributed by atoms with Gasteiger partial charge in [-0.1, -0.05) is 19.1 Å². The molecule has 2 aromatic carbocycles. The molecule has 1 aromatic heterocycles. The quantitative estimate of drug-likeness (QED) is 0.697. The average molecular weight is 415 g/mol. The highest BCUT2D eigenvalue weighted by Gasteiger charge is 2.34. The number of hydrogen-bond donors (Lipinski definition) is 1. The Bertz CT molecular complexity index is 1220. The third kappa shape index (κ3) is 2.68. The van der Waals surface area contributed by atoms with E-state index in [0.29, 0.717) is 31.1 Å². The number of sulfonamides is 1. The van der Waals surface area contributed by atoms with E-state index in [1.807, 2.05) is 35.8 Å². The molecule has 1 atom stereocenters. The monoisotopic (exact) mass is 414 g/mol. The summed E-state index contributed by atoms with van der Waals surface area (Å²) in [5.74, 6) is 0.333. The Kier molecular flexibility index (Phi) is 3.92. The van der Waals surface area contributed by atoms with E-state index in [0.717, 1.165) is 15.9 Å². The normalized spacial score (nSPS) is 19.2. The van der Waals surface area contributed by atoms with Gasteiger partial charge < -0.3 is 9.88 Å². The molecular formula is C19H18N4O3S2. The van der Waals surface area contributed by atoms with Crippen LogP contribution in [0.3, 0.4) is 0 Å². The van der Waals surface area contributed by atoms with Crippen LogP contribution < -0.4 is 9.62 Å². The Balaban J connectivity index is 1.57. The zero-order valence-electron chi connectivity index (χ0n) is 15.1. The fourth-order valence-corrected chi connectivity index (χ4v) is 6.20. The van der Waals surface area contributed by atoms with Crippen LogP contribution >= 0.6 is 11.8 Å². The van der Waals surface area contributed by atoms with Crippen LogP contribution in [0.5, 0.6) is 0 Å². The van der Waals surface area contributed by atoms with Gasteiger partial charge >= 0.3 is 0 Å². The lowest BCUT2D eigenvalue weighted by atomic mass is 10.3. The Labute approximate surface area is 166 Å². The molecule has 5 rings (SSSR count). The van der Waals surface area contributed by atoms with Crippen molar-refractivity contribution in [1.29, 1.82) is 0 Å². The topological polar surface area (TPSA) is 84.3 Å². The number of hydrogen-bond acceptors (Lipinski definition) is 5. The molecule has 1 N–H and O–H groups in total. The van der Waals surface area contributed by atoms with Crippen LogP contribution in [0.1, 0.15) is 13.3 Å². The summed E-state index contributed by atoms with van der Waals surface area (Å²) < 4.78 is 30.0. The van der Waals surface area contributed by atoms with E-state index in [1.54, 1.807) is 30.0 Å². The second-order valence-electron chi connectivity index (χ2n) is 6.97. The van der Waals surface area contributed by atoms with Crippen molar-refractivity contribution >= 4 is 50.4 Å². The van der Waals surface area contributed by atoms with Gasteiger partial charge in [0, 0.05) is 23.1 Å². The highest BCUT2D eigenvalue weighted by Crippen LogP contribution is 2.38. The Morgan fingerprint density at radius 2 is 2.00 bits per heavy atom. The average Bonchev–Trinajstić information content (AvgIpc) is 3.17. The highest BCUT2D eigenvalue weighted by atomic mass is 32.2. The van der Waals surface area contributed by atoms with Crippen molar-refractivity contribution in [2.75, 3.05) is 16.2 Å². The van der Waals surface area contributed by atoms with Gasteiger partial charge in [0.05, 0.1) is 28.2 Å². The Morgan fingerprint density at radius 1 is 1.18 bits per heavy atom. The number of carbonyl (C=O) groups is 1. The number of rotatable bonds is 2. The number of aromatic nitrogens is 2. The van der Waals surface area contributed by atoms with E-state index < -0.39 is 10.0 Å². The number of thioether (sulfide) groups is 1. The van der Waals surface area contributed by atoms with Crippen LogP contribution in [0.25, 0.3) is 11.0 Å². The summed E-state index contributed by atoms with van der Waals surface area (Å²) in [5, 5.41) is 2.97. The summed E-state index contributed by atoms with van der Waals surface area (Å²) in [6, 6.07) is 12.6. The molecule has 3 aromatic rings. The molecule has 0 radical (unpaired) electrons. The van der Waals surface area contributed by atoms with E-state index in [-0.39, 0.29) is 16.1 Å². The molecule has 0 saturated heterocycles. The van der Waals surface area contributed by atoms with Crippen molar-refractivity contribution in [2.24, 2.45) is 0 Å². The van der Waals surface area contributed by atoms with Crippen LogP contribution in [-0.2, 0) is 21.4 Å². The Hall–Kier alpha value is -2.52. The summed E-state index contributed by atoms with van der Waals surface area (Å²) in [4.78, 5) is 17.6. The molecule has 0 saturated carbocycles. The lowest BCUT2D eigenvalue weighted by molar-refractivity contribution is -0.116. The molecule has 0 fully saturated rings. The zero-order chi connectivity index (χ0) is 19.5. The third-order valence-electron chi connectivity index (χ3n) is 5.00. The second kappa shape index (κ2) is 6.25. The minimum absolute atomic E-state index is 0.101. The summed E-state index contributed by atoms with van der Waals surface area (Å²) >= 11 is 1.57. The maximum Gasteiger partial charge on any atom is 0.266 e. The first-order chi connectivity index (χ1) is 13.4. The van der Waals surface area contributed by atoms with Gasteiger partial charge in [0.25, 0.3) is 10.0 Å². The summed E-state index contributed by atoms with van der Waals surface area (Å²) in [6.07, 6.45) is 0.400. The zero-order valence-corrected chi connectivity index (χ0v) is 16.8. The molecule has 3 heterocycles. The number of fused-ring (bicyclic) bond motifs is 4. The van der Waals surface area contributed by atoms with Crippen molar-refractivity contribution in [3.8, 4) is 0 Å². The first-order valence-electron chi connectivity index (χ1n) is 9.02. The lowest BCUT2D eigenvalue weighted by Crippen LogP contribution is -2.29. The van der Waals surface area contributed by atoms with Crippen LogP contribution in [0.15, 0.2) is 52.3 Å². The molecular weight excluding hydrogens is 396 g/mol. The smallest absolute Gasteiger partial charge is 0.266 e. The van der Waals surface area contributed by atoms with E-state index in [2.05, 4.69) is 10.3 Å². The number of benzene rings is 2. The molecule has 2 aliphatic heterocycles. The molecule has 2 aliphatic rings. The van der Waals surface area contributed by atoms with Gasteiger partial charge in [-0.05, 0) is 30.3 Å². The molecule has 0 bridgehead atoms.